The first-order chi connectivity index (χ1) is 8.19. The average Bonchev–Trinajstić information content (AvgIpc) is 2.35. The molecule has 17 heavy (non-hydrogen) atoms. The molecule has 0 aliphatic carbocycles. The Labute approximate surface area is 101 Å². The number of nitrogens with one attached hydrogen (secondary N) is 1. The number of piperidine rings is 1. The first kappa shape index (κ1) is 13.5. The highest BCUT2D eigenvalue weighted by Crippen LogP contribution is 2.13. The molecule has 1 fully saturated rings. The van der Waals surface area contributed by atoms with Crippen molar-refractivity contribution in [1.82, 2.24) is 10.2 Å². The van der Waals surface area contributed by atoms with Crippen molar-refractivity contribution in [3.8, 4) is 6.07 Å². The van der Waals surface area contributed by atoms with Gasteiger partial charge in [0, 0.05) is 19.7 Å². The smallest absolute Gasteiger partial charge is 0.311 e. The lowest BCUT2D eigenvalue weighted by Crippen LogP contribution is -2.49. The van der Waals surface area contributed by atoms with Gasteiger partial charge in [-0.25, -0.2) is 0 Å². The third kappa shape index (κ3) is 4.04. The van der Waals surface area contributed by atoms with Crippen LogP contribution >= 0.6 is 0 Å². The topological polar surface area (TPSA) is 82.4 Å². The van der Waals surface area contributed by atoms with Crippen LogP contribution in [0.1, 0.15) is 19.8 Å². The number of carbonyl (C=O) groups excluding carboxylic acids is 2. The summed E-state index contributed by atoms with van der Waals surface area (Å²) in [5.74, 6) is -1.30. The van der Waals surface area contributed by atoms with Gasteiger partial charge in [0.1, 0.15) is 6.54 Å². The molecule has 0 radical (unpaired) electrons. The summed E-state index contributed by atoms with van der Waals surface area (Å²) in [6, 6.07) is 1.76. The highest BCUT2D eigenvalue weighted by Gasteiger charge is 2.27. The van der Waals surface area contributed by atoms with Crippen molar-refractivity contribution in [2.45, 2.75) is 25.9 Å². The molecule has 6 nitrogen and oxygen atoms in total. The van der Waals surface area contributed by atoms with Gasteiger partial charge in [-0.1, -0.05) is 0 Å². The van der Waals surface area contributed by atoms with E-state index >= 15 is 0 Å². The van der Waals surface area contributed by atoms with Gasteiger partial charge in [-0.3, -0.25) is 9.59 Å². The van der Waals surface area contributed by atoms with Crippen LogP contribution in [0.25, 0.3) is 0 Å². The standard InChI is InChI=1S/C11H17N3O3/c1-2-17-9-4-3-7-14(8-9)11(16)10(15)13-6-5-12/h9H,2-4,6-8H2,1H3,(H,13,15). The van der Waals surface area contributed by atoms with Crippen LogP contribution in [0.5, 0.6) is 0 Å². The molecule has 1 aliphatic rings. The highest BCUT2D eigenvalue weighted by atomic mass is 16.5. The number of likely N-dealkylation sites (tertiary alicyclic amines) is 1. The first-order valence-electron chi connectivity index (χ1n) is 5.74. The van der Waals surface area contributed by atoms with E-state index in [0.717, 1.165) is 12.8 Å². The fourth-order valence-electron chi connectivity index (χ4n) is 1.83. The third-order valence-electron chi connectivity index (χ3n) is 2.59. The quantitative estimate of drug-likeness (QED) is 0.539. The van der Waals surface area contributed by atoms with Crippen molar-refractivity contribution in [3.63, 3.8) is 0 Å². The Balaban J connectivity index is 2.46. The van der Waals surface area contributed by atoms with Crippen LogP contribution in [0.4, 0.5) is 0 Å². The van der Waals surface area contributed by atoms with Gasteiger partial charge in [-0.05, 0) is 19.8 Å². The van der Waals surface area contributed by atoms with Gasteiger partial charge >= 0.3 is 11.8 Å². The number of hydrogen-bond acceptors (Lipinski definition) is 4. The lowest BCUT2D eigenvalue weighted by Gasteiger charge is -2.31. The first-order valence-corrected chi connectivity index (χ1v) is 5.74. The highest BCUT2D eigenvalue weighted by molar-refractivity contribution is 6.35. The molecular weight excluding hydrogens is 222 g/mol. The normalized spacial score (nSPS) is 19.5. The fourth-order valence-corrected chi connectivity index (χ4v) is 1.83. The second-order valence-electron chi connectivity index (χ2n) is 3.81. The largest absolute Gasteiger partial charge is 0.377 e. The number of ether oxygens (including phenoxy) is 1. The lowest BCUT2D eigenvalue weighted by molar-refractivity contribution is -0.148. The molecular formula is C11H17N3O3. The number of amides is 2. The van der Waals surface area contributed by atoms with Crippen LogP contribution in [0.2, 0.25) is 0 Å². The Kier molecular flexibility index (Phi) is 5.43. The van der Waals surface area contributed by atoms with Gasteiger partial charge in [-0.15, -0.1) is 0 Å². The molecule has 1 rings (SSSR count). The van der Waals surface area contributed by atoms with E-state index in [-0.39, 0.29) is 12.6 Å². The van der Waals surface area contributed by atoms with Crippen molar-refractivity contribution < 1.29 is 14.3 Å². The molecule has 1 aliphatic heterocycles. The Hall–Kier alpha value is -1.61. The number of hydrogen-bond donors (Lipinski definition) is 1. The molecule has 1 heterocycles. The van der Waals surface area contributed by atoms with E-state index < -0.39 is 11.8 Å². The summed E-state index contributed by atoms with van der Waals surface area (Å²) in [6.45, 7) is 3.38. The van der Waals surface area contributed by atoms with Crippen LogP contribution < -0.4 is 5.32 Å². The number of nitriles is 1. The molecule has 1 unspecified atom stereocenters. The SMILES string of the molecule is CCOC1CCCN(C(=O)C(=O)NCC#N)C1. The van der Waals surface area contributed by atoms with E-state index in [2.05, 4.69) is 5.32 Å². The van der Waals surface area contributed by atoms with E-state index in [1.807, 2.05) is 6.92 Å². The minimum Gasteiger partial charge on any atom is -0.377 e. The van der Waals surface area contributed by atoms with Crippen molar-refractivity contribution in [3.05, 3.63) is 0 Å². The van der Waals surface area contributed by atoms with Crippen molar-refractivity contribution in [2.24, 2.45) is 0 Å². The molecule has 2 amide bonds. The molecule has 0 saturated carbocycles. The van der Waals surface area contributed by atoms with Gasteiger partial charge in [0.25, 0.3) is 0 Å². The predicted octanol–water partition coefficient (Wildman–Crippen LogP) is -0.346. The van der Waals surface area contributed by atoms with Crippen LogP contribution in [0, 0.1) is 11.3 Å². The molecule has 0 aromatic heterocycles. The Bertz CT molecular complexity index is 322. The second-order valence-corrected chi connectivity index (χ2v) is 3.81. The summed E-state index contributed by atoms with van der Waals surface area (Å²) in [5.41, 5.74) is 0. The predicted molar refractivity (Wildman–Crippen MR) is 59.9 cm³/mol. The number of nitrogens with zero attached hydrogens (tertiary/aromatic N) is 2. The van der Waals surface area contributed by atoms with Crippen molar-refractivity contribution >= 4 is 11.8 Å². The Morgan fingerprint density at radius 2 is 2.35 bits per heavy atom. The van der Waals surface area contributed by atoms with Gasteiger partial charge in [0.05, 0.1) is 12.2 Å². The van der Waals surface area contributed by atoms with E-state index in [4.69, 9.17) is 10.00 Å². The summed E-state index contributed by atoms with van der Waals surface area (Å²) < 4.78 is 5.45. The molecule has 94 valence electrons. The minimum absolute atomic E-state index is 0.0152. The molecule has 6 heteroatoms. The van der Waals surface area contributed by atoms with Gasteiger partial charge in [-0.2, -0.15) is 5.26 Å². The van der Waals surface area contributed by atoms with E-state index in [9.17, 15) is 9.59 Å². The summed E-state index contributed by atoms with van der Waals surface area (Å²) in [4.78, 5) is 24.6. The summed E-state index contributed by atoms with van der Waals surface area (Å²) >= 11 is 0. The zero-order valence-electron chi connectivity index (χ0n) is 9.94. The van der Waals surface area contributed by atoms with Gasteiger partial charge in [0.15, 0.2) is 0 Å². The maximum atomic E-state index is 11.7. The molecule has 1 N–H and O–H groups in total. The van der Waals surface area contributed by atoms with Crippen LogP contribution in [0.3, 0.4) is 0 Å². The third-order valence-corrected chi connectivity index (χ3v) is 2.59. The monoisotopic (exact) mass is 239 g/mol. The summed E-state index contributed by atoms with van der Waals surface area (Å²) in [7, 11) is 0. The van der Waals surface area contributed by atoms with Crippen molar-refractivity contribution in [1.29, 1.82) is 5.26 Å². The Morgan fingerprint density at radius 1 is 1.59 bits per heavy atom. The van der Waals surface area contributed by atoms with Gasteiger partial charge < -0.3 is 15.0 Å². The zero-order chi connectivity index (χ0) is 12.7. The molecule has 0 aromatic rings. The fraction of sp³-hybridized carbons (Fsp3) is 0.727. The zero-order valence-corrected chi connectivity index (χ0v) is 9.94. The second kappa shape index (κ2) is 6.86. The minimum atomic E-state index is -0.719. The molecule has 1 saturated heterocycles. The van der Waals surface area contributed by atoms with Crippen LogP contribution in [-0.4, -0.2) is 49.1 Å². The Morgan fingerprint density at radius 3 is 3.00 bits per heavy atom. The maximum Gasteiger partial charge on any atom is 0.311 e. The lowest BCUT2D eigenvalue weighted by atomic mass is 10.1. The van der Waals surface area contributed by atoms with E-state index in [1.165, 1.54) is 4.90 Å². The molecule has 0 spiro atoms. The van der Waals surface area contributed by atoms with E-state index in [0.29, 0.717) is 19.7 Å². The summed E-state index contributed by atoms with van der Waals surface area (Å²) in [5, 5.41) is 10.6. The van der Waals surface area contributed by atoms with Crippen LogP contribution in [-0.2, 0) is 14.3 Å². The molecule has 0 aromatic carbocycles. The molecule has 0 bridgehead atoms. The number of carbonyl (C=O) groups is 2. The van der Waals surface area contributed by atoms with Gasteiger partial charge in [0.2, 0.25) is 0 Å². The van der Waals surface area contributed by atoms with Crippen LogP contribution in [0.15, 0.2) is 0 Å². The molecule has 1 atom stereocenters. The van der Waals surface area contributed by atoms with Crippen molar-refractivity contribution in [2.75, 3.05) is 26.2 Å². The summed E-state index contributed by atoms with van der Waals surface area (Å²) in [6.07, 6.45) is 1.76. The van der Waals surface area contributed by atoms with E-state index in [1.54, 1.807) is 6.07 Å². The number of rotatable bonds is 3. The maximum absolute atomic E-state index is 11.7. The average molecular weight is 239 g/mol.